The summed E-state index contributed by atoms with van der Waals surface area (Å²) in [6, 6.07) is 6.08. The Balaban J connectivity index is 1.27. The van der Waals surface area contributed by atoms with Gasteiger partial charge in [-0.1, -0.05) is 50.5 Å². The number of fused-ring (bicyclic) bond motifs is 1. The lowest BCUT2D eigenvalue weighted by Gasteiger charge is -2.45. The van der Waals surface area contributed by atoms with E-state index >= 15 is 0 Å². The van der Waals surface area contributed by atoms with Crippen molar-refractivity contribution < 1.29 is 4.39 Å². The van der Waals surface area contributed by atoms with Gasteiger partial charge in [-0.25, -0.2) is 4.39 Å². The molecule has 4 unspecified atom stereocenters. The Bertz CT molecular complexity index is 711. The minimum Gasteiger partial charge on any atom is -0.207 e. The van der Waals surface area contributed by atoms with Gasteiger partial charge in [-0.05, 0) is 130 Å². The summed E-state index contributed by atoms with van der Waals surface area (Å²) >= 11 is 0. The Morgan fingerprint density at radius 1 is 0.871 bits per heavy atom. The second kappa shape index (κ2) is 11.2. The van der Waals surface area contributed by atoms with E-state index in [1.165, 1.54) is 77.0 Å². The van der Waals surface area contributed by atoms with Crippen LogP contribution in [0.25, 0.3) is 0 Å². The first-order valence-corrected chi connectivity index (χ1v) is 13.6. The largest absolute Gasteiger partial charge is 0.207 e. The molecule has 0 amide bonds. The van der Waals surface area contributed by atoms with Crippen molar-refractivity contribution in [2.24, 2.45) is 29.6 Å². The molecule has 0 N–H and O–H groups in total. The summed E-state index contributed by atoms with van der Waals surface area (Å²) in [4.78, 5) is 0. The monoisotopic (exact) mass is 424 g/mol. The van der Waals surface area contributed by atoms with Crippen molar-refractivity contribution in [2.75, 3.05) is 0 Å². The van der Waals surface area contributed by atoms with Gasteiger partial charge in [0, 0.05) is 0 Å². The summed E-state index contributed by atoms with van der Waals surface area (Å²) in [5, 5.41) is 0. The lowest BCUT2D eigenvalue weighted by atomic mass is 9.60. The minimum absolute atomic E-state index is 0.0470. The molecule has 4 rings (SSSR count). The third-order valence-corrected chi connectivity index (χ3v) is 9.24. The van der Waals surface area contributed by atoms with Crippen LogP contribution in [0.2, 0.25) is 0 Å². The molecule has 3 fully saturated rings. The lowest BCUT2D eigenvalue weighted by molar-refractivity contribution is 0.0617. The van der Waals surface area contributed by atoms with Crippen LogP contribution < -0.4 is 0 Å². The third-order valence-electron chi connectivity index (χ3n) is 9.24. The Kier molecular flexibility index (Phi) is 8.30. The van der Waals surface area contributed by atoms with Crippen molar-refractivity contribution in [3.8, 4) is 0 Å². The van der Waals surface area contributed by atoms with Gasteiger partial charge in [0.05, 0.1) is 0 Å². The second-order valence-corrected chi connectivity index (χ2v) is 11.1. The van der Waals surface area contributed by atoms with Gasteiger partial charge in [0.25, 0.3) is 0 Å². The van der Waals surface area contributed by atoms with Crippen molar-refractivity contribution in [3.63, 3.8) is 0 Å². The van der Waals surface area contributed by atoms with Crippen LogP contribution in [0, 0.1) is 35.4 Å². The Hall–Kier alpha value is -1.11. The highest BCUT2D eigenvalue weighted by Crippen LogP contribution is 2.50. The van der Waals surface area contributed by atoms with E-state index in [4.69, 9.17) is 0 Å². The first-order valence-electron chi connectivity index (χ1n) is 13.6. The molecule has 3 aliphatic carbocycles. The fourth-order valence-corrected chi connectivity index (χ4v) is 7.50. The van der Waals surface area contributed by atoms with Crippen molar-refractivity contribution in [2.45, 2.75) is 110 Å². The van der Waals surface area contributed by atoms with Gasteiger partial charge in [0.2, 0.25) is 0 Å². The molecule has 1 aromatic carbocycles. The van der Waals surface area contributed by atoms with Gasteiger partial charge in [-0.15, -0.1) is 0 Å². The molecule has 0 radical (unpaired) electrons. The number of hydrogen-bond donors (Lipinski definition) is 0. The third kappa shape index (κ3) is 5.82. The zero-order valence-corrected chi connectivity index (χ0v) is 20.1. The number of allylic oxidation sites excluding steroid dienone is 2. The topological polar surface area (TPSA) is 0 Å². The molecule has 0 aromatic heterocycles. The van der Waals surface area contributed by atoms with Gasteiger partial charge < -0.3 is 0 Å². The average molecular weight is 425 g/mol. The van der Waals surface area contributed by atoms with E-state index in [-0.39, 0.29) is 5.82 Å². The first kappa shape index (κ1) is 23.1. The number of aryl methyl sites for hydroxylation is 1. The van der Waals surface area contributed by atoms with Crippen LogP contribution in [-0.2, 0) is 6.42 Å². The van der Waals surface area contributed by atoms with Gasteiger partial charge in [-0.2, -0.15) is 0 Å². The molecule has 172 valence electrons. The molecule has 3 saturated carbocycles. The van der Waals surface area contributed by atoms with Gasteiger partial charge in [-0.3, -0.25) is 0 Å². The average Bonchev–Trinajstić information content (AvgIpc) is 2.79. The van der Waals surface area contributed by atoms with E-state index in [1.54, 1.807) is 6.07 Å². The molecule has 0 heterocycles. The Morgan fingerprint density at radius 3 is 2.26 bits per heavy atom. The van der Waals surface area contributed by atoms with Crippen molar-refractivity contribution in [1.29, 1.82) is 0 Å². The minimum atomic E-state index is 0.0470. The molecule has 1 aromatic rings. The highest BCUT2D eigenvalue weighted by molar-refractivity contribution is 5.28. The summed E-state index contributed by atoms with van der Waals surface area (Å²) < 4.78 is 14.8. The number of rotatable bonds is 7. The molecule has 0 nitrogen and oxygen atoms in total. The van der Waals surface area contributed by atoms with Crippen molar-refractivity contribution in [3.05, 3.63) is 47.3 Å². The number of benzene rings is 1. The molecule has 1 heteroatoms. The molecule has 31 heavy (non-hydrogen) atoms. The smallest absolute Gasteiger partial charge is 0.126 e. The fourth-order valence-electron chi connectivity index (χ4n) is 7.50. The summed E-state index contributed by atoms with van der Waals surface area (Å²) in [6.07, 6.45) is 23.1. The van der Waals surface area contributed by atoms with Crippen LogP contribution in [0.5, 0.6) is 0 Å². The maximum atomic E-state index is 14.8. The Labute approximate surface area is 191 Å². The van der Waals surface area contributed by atoms with Crippen LogP contribution in [0.1, 0.15) is 114 Å². The van der Waals surface area contributed by atoms with Crippen LogP contribution >= 0.6 is 0 Å². The van der Waals surface area contributed by atoms with Gasteiger partial charge >= 0.3 is 0 Å². The maximum Gasteiger partial charge on any atom is 0.126 e. The second-order valence-electron chi connectivity index (χ2n) is 11.1. The predicted molar refractivity (Wildman–Crippen MR) is 131 cm³/mol. The van der Waals surface area contributed by atoms with Crippen LogP contribution in [0.3, 0.4) is 0 Å². The molecule has 0 saturated heterocycles. The van der Waals surface area contributed by atoms with Crippen LogP contribution in [0.4, 0.5) is 4.39 Å². The summed E-state index contributed by atoms with van der Waals surface area (Å²) in [7, 11) is 0. The summed E-state index contributed by atoms with van der Waals surface area (Å²) in [5.41, 5.74) is 2.13. The molecule has 0 spiro atoms. The molecule has 3 aliphatic rings. The van der Waals surface area contributed by atoms with Crippen molar-refractivity contribution in [1.82, 2.24) is 0 Å². The van der Waals surface area contributed by atoms with Crippen LogP contribution in [-0.4, -0.2) is 0 Å². The van der Waals surface area contributed by atoms with E-state index in [9.17, 15) is 4.39 Å². The summed E-state index contributed by atoms with van der Waals surface area (Å²) in [6.45, 7) is 4.40. The van der Waals surface area contributed by atoms with E-state index in [1.807, 2.05) is 6.92 Å². The molecule has 0 aliphatic heterocycles. The maximum absolute atomic E-state index is 14.8. The Morgan fingerprint density at radius 2 is 1.55 bits per heavy atom. The number of hydrogen-bond acceptors (Lipinski definition) is 0. The zero-order valence-electron chi connectivity index (χ0n) is 20.1. The first-order chi connectivity index (χ1) is 15.2. The molecular weight excluding hydrogens is 379 g/mol. The highest BCUT2D eigenvalue weighted by Gasteiger charge is 2.38. The van der Waals surface area contributed by atoms with Gasteiger partial charge in [0.1, 0.15) is 5.82 Å². The summed E-state index contributed by atoms with van der Waals surface area (Å²) in [5.74, 6) is 5.46. The predicted octanol–water partition coefficient (Wildman–Crippen LogP) is 9.24. The van der Waals surface area contributed by atoms with Gasteiger partial charge in [0.15, 0.2) is 0 Å². The quantitative estimate of drug-likeness (QED) is 0.383. The van der Waals surface area contributed by atoms with Crippen LogP contribution in [0.15, 0.2) is 30.4 Å². The normalized spacial score (nSPS) is 34.0. The molecule has 0 bridgehead atoms. The van der Waals surface area contributed by atoms with Crippen molar-refractivity contribution >= 4 is 0 Å². The number of halogens is 1. The lowest BCUT2D eigenvalue weighted by Crippen LogP contribution is -2.34. The molecular formula is C30H45F. The zero-order chi connectivity index (χ0) is 21.6. The fraction of sp³-hybridized carbons (Fsp3) is 0.733. The van der Waals surface area contributed by atoms with E-state index in [2.05, 4.69) is 31.2 Å². The molecule has 4 atom stereocenters. The van der Waals surface area contributed by atoms with E-state index in [0.717, 1.165) is 53.6 Å². The SMILES string of the molecule is C/C=C/CCc1ccc(C2CCC(C3CCC4CC(CCC)CCC4C3)CC2)c(F)c1. The van der Waals surface area contributed by atoms with E-state index in [0.29, 0.717) is 5.92 Å². The standard InChI is InChI=1S/C30H45F/c1-3-5-6-8-23-10-18-29(30(31)20-23)25-14-12-24(13-15-25)27-17-16-26-19-22(7-4-2)9-11-28(26)21-27/h3,5,10,18,20,22,24-28H,4,6-9,11-17,19,21H2,1-2H3/b5-3+. The highest BCUT2D eigenvalue weighted by atomic mass is 19.1. The van der Waals surface area contributed by atoms with E-state index < -0.39 is 0 Å².